The minimum absolute atomic E-state index is 0.138. The van der Waals surface area contributed by atoms with Crippen LogP contribution in [0.4, 0.5) is 11.4 Å². The maximum atomic E-state index is 3.75. The SMILES string of the molecule is Cc1cccc2c1-c1ccc(Nc3ccc(-c4ccccc4)cc3)cc1C2(CCCCCCC1CCC1)c1ccccc1. The van der Waals surface area contributed by atoms with Crippen LogP contribution in [0.2, 0.25) is 0 Å². The zero-order chi connectivity index (χ0) is 29.1. The zero-order valence-electron chi connectivity index (χ0n) is 25.5. The van der Waals surface area contributed by atoms with Crippen LogP contribution in [0.3, 0.4) is 0 Å². The highest BCUT2D eigenvalue weighted by Crippen LogP contribution is 2.56. The Bertz CT molecular complexity index is 1660. The Morgan fingerprint density at radius 2 is 1.33 bits per heavy atom. The van der Waals surface area contributed by atoms with Gasteiger partial charge in [0.15, 0.2) is 0 Å². The normalized spacial score (nSPS) is 17.2. The van der Waals surface area contributed by atoms with Crippen LogP contribution in [0.1, 0.15) is 80.0 Å². The van der Waals surface area contributed by atoms with Crippen molar-refractivity contribution < 1.29 is 0 Å². The lowest BCUT2D eigenvalue weighted by atomic mass is 9.69. The van der Waals surface area contributed by atoms with Crippen molar-refractivity contribution in [1.29, 1.82) is 0 Å². The van der Waals surface area contributed by atoms with E-state index >= 15 is 0 Å². The Morgan fingerprint density at radius 1 is 0.628 bits per heavy atom. The number of unbranched alkanes of at least 4 members (excludes halogenated alkanes) is 3. The predicted octanol–water partition coefficient (Wildman–Crippen LogP) is 11.9. The number of aryl methyl sites for hydroxylation is 1. The number of benzene rings is 5. The van der Waals surface area contributed by atoms with Crippen LogP contribution in [0.5, 0.6) is 0 Å². The summed E-state index contributed by atoms with van der Waals surface area (Å²) in [6, 6.07) is 44.8. The van der Waals surface area contributed by atoms with E-state index in [0.717, 1.165) is 23.7 Å². The topological polar surface area (TPSA) is 12.0 Å². The van der Waals surface area contributed by atoms with Crippen molar-refractivity contribution in [1.82, 2.24) is 0 Å². The van der Waals surface area contributed by atoms with E-state index < -0.39 is 0 Å². The Balaban J connectivity index is 1.21. The van der Waals surface area contributed by atoms with Crippen molar-refractivity contribution >= 4 is 11.4 Å². The first-order chi connectivity index (χ1) is 21.2. The molecular weight excluding hydrogens is 518 g/mol. The average molecular weight is 562 g/mol. The van der Waals surface area contributed by atoms with E-state index in [4.69, 9.17) is 0 Å². The van der Waals surface area contributed by atoms with Crippen molar-refractivity contribution in [3.63, 3.8) is 0 Å². The van der Waals surface area contributed by atoms with Gasteiger partial charge in [-0.15, -0.1) is 0 Å². The standard InChI is InChI=1S/C42H43N/c1-31-14-12-22-39-41(31)38-28-27-37(43-36-25-23-34(24-26-36)33-18-7-4-8-19-33)30-40(38)42(39,35-20-9-5-10-21-35)29-11-3-2-6-15-32-16-13-17-32/h4-5,7-10,12,14,18-28,30,32,43H,2-3,6,11,13,15-17,29H2,1H3. The second kappa shape index (κ2) is 12.3. The fourth-order valence-electron chi connectivity index (χ4n) is 7.67. The van der Waals surface area contributed by atoms with Gasteiger partial charge in [-0.1, -0.05) is 148 Å². The summed E-state index contributed by atoms with van der Waals surface area (Å²) in [6.07, 6.45) is 12.3. The molecule has 0 heterocycles. The Morgan fingerprint density at radius 3 is 2.07 bits per heavy atom. The lowest BCUT2D eigenvalue weighted by Gasteiger charge is -2.34. The van der Waals surface area contributed by atoms with E-state index in [1.165, 1.54) is 95.9 Å². The highest BCUT2D eigenvalue weighted by molar-refractivity contribution is 5.87. The first kappa shape index (κ1) is 27.7. The number of hydrogen-bond acceptors (Lipinski definition) is 1. The van der Waals surface area contributed by atoms with Gasteiger partial charge in [0, 0.05) is 16.8 Å². The molecule has 5 aromatic rings. The van der Waals surface area contributed by atoms with Crippen molar-refractivity contribution in [2.45, 2.75) is 70.1 Å². The molecule has 0 spiro atoms. The minimum Gasteiger partial charge on any atom is -0.356 e. The smallest absolute Gasteiger partial charge is 0.0464 e. The molecule has 0 radical (unpaired) electrons. The highest BCUT2D eigenvalue weighted by Gasteiger charge is 2.44. The summed E-state index contributed by atoms with van der Waals surface area (Å²) in [5.74, 6) is 1.02. The van der Waals surface area contributed by atoms with Gasteiger partial charge in [-0.2, -0.15) is 0 Å². The Labute approximate surface area is 258 Å². The van der Waals surface area contributed by atoms with Crippen molar-refractivity contribution in [3.05, 3.63) is 144 Å². The van der Waals surface area contributed by atoms with E-state index in [-0.39, 0.29) is 5.41 Å². The van der Waals surface area contributed by atoms with Gasteiger partial charge >= 0.3 is 0 Å². The molecule has 5 aromatic carbocycles. The van der Waals surface area contributed by atoms with Gasteiger partial charge in [-0.05, 0) is 88.0 Å². The third-order valence-electron chi connectivity index (χ3n) is 10.2. The second-order valence-electron chi connectivity index (χ2n) is 12.8. The summed E-state index contributed by atoms with van der Waals surface area (Å²) >= 11 is 0. The quantitative estimate of drug-likeness (QED) is 0.158. The molecule has 1 fully saturated rings. The number of hydrogen-bond donors (Lipinski definition) is 1. The molecule has 7 rings (SSSR count). The van der Waals surface area contributed by atoms with E-state index in [1.54, 1.807) is 0 Å². The van der Waals surface area contributed by atoms with Gasteiger partial charge in [-0.3, -0.25) is 0 Å². The van der Waals surface area contributed by atoms with Crippen molar-refractivity contribution in [3.8, 4) is 22.3 Å². The molecule has 43 heavy (non-hydrogen) atoms. The monoisotopic (exact) mass is 561 g/mol. The third kappa shape index (κ3) is 5.42. The fourth-order valence-corrected chi connectivity index (χ4v) is 7.67. The van der Waals surface area contributed by atoms with Gasteiger partial charge in [0.05, 0.1) is 0 Å². The zero-order valence-corrected chi connectivity index (χ0v) is 25.5. The molecule has 0 aromatic heterocycles. The number of anilines is 2. The first-order valence-corrected chi connectivity index (χ1v) is 16.5. The van der Waals surface area contributed by atoms with Crippen molar-refractivity contribution in [2.75, 3.05) is 5.32 Å². The Kier molecular flexibility index (Phi) is 7.90. The summed E-state index contributed by atoms with van der Waals surface area (Å²) < 4.78 is 0. The van der Waals surface area contributed by atoms with E-state index in [2.05, 4.69) is 134 Å². The highest BCUT2D eigenvalue weighted by atomic mass is 14.9. The minimum atomic E-state index is -0.138. The molecular formula is C42H43N. The van der Waals surface area contributed by atoms with Gasteiger partial charge in [0.2, 0.25) is 0 Å². The molecule has 2 aliphatic rings. The van der Waals surface area contributed by atoms with Crippen LogP contribution in [0.25, 0.3) is 22.3 Å². The van der Waals surface area contributed by atoms with Crippen molar-refractivity contribution in [2.24, 2.45) is 5.92 Å². The number of fused-ring (bicyclic) bond motifs is 3. The molecule has 0 amide bonds. The van der Waals surface area contributed by atoms with Crippen LogP contribution in [0.15, 0.2) is 121 Å². The summed E-state index contributed by atoms with van der Waals surface area (Å²) in [7, 11) is 0. The molecule has 216 valence electrons. The predicted molar refractivity (Wildman–Crippen MR) is 183 cm³/mol. The molecule has 0 bridgehead atoms. The molecule has 1 unspecified atom stereocenters. The maximum Gasteiger partial charge on any atom is 0.0464 e. The molecule has 1 nitrogen and oxygen atoms in total. The second-order valence-corrected chi connectivity index (χ2v) is 12.8. The summed E-state index contributed by atoms with van der Waals surface area (Å²) in [5, 5.41) is 3.75. The summed E-state index contributed by atoms with van der Waals surface area (Å²) in [6.45, 7) is 2.28. The van der Waals surface area contributed by atoms with E-state index in [1.807, 2.05) is 0 Å². The van der Waals surface area contributed by atoms with Crippen LogP contribution in [0, 0.1) is 12.8 Å². The van der Waals surface area contributed by atoms with Crippen LogP contribution >= 0.6 is 0 Å². The molecule has 1 N–H and O–H groups in total. The summed E-state index contributed by atoms with van der Waals surface area (Å²) in [4.78, 5) is 0. The van der Waals surface area contributed by atoms with E-state index in [9.17, 15) is 0 Å². The van der Waals surface area contributed by atoms with Crippen LogP contribution in [-0.4, -0.2) is 0 Å². The van der Waals surface area contributed by atoms with Gasteiger partial charge in [0.25, 0.3) is 0 Å². The third-order valence-corrected chi connectivity index (χ3v) is 10.2. The molecule has 2 aliphatic carbocycles. The molecule has 1 heteroatoms. The van der Waals surface area contributed by atoms with Crippen LogP contribution in [-0.2, 0) is 5.41 Å². The van der Waals surface area contributed by atoms with Gasteiger partial charge < -0.3 is 5.32 Å². The first-order valence-electron chi connectivity index (χ1n) is 16.5. The van der Waals surface area contributed by atoms with Gasteiger partial charge in [0.1, 0.15) is 0 Å². The molecule has 0 saturated heterocycles. The van der Waals surface area contributed by atoms with Gasteiger partial charge in [-0.25, -0.2) is 0 Å². The van der Waals surface area contributed by atoms with E-state index in [0.29, 0.717) is 0 Å². The van der Waals surface area contributed by atoms with Crippen LogP contribution < -0.4 is 5.32 Å². The number of rotatable bonds is 11. The average Bonchev–Trinajstić information content (AvgIpc) is 3.32. The Hall–Kier alpha value is -4.10. The lowest BCUT2D eigenvalue weighted by molar-refractivity contribution is 0.286. The lowest BCUT2D eigenvalue weighted by Crippen LogP contribution is -2.27. The molecule has 1 atom stereocenters. The molecule has 1 saturated carbocycles. The fraction of sp³-hybridized carbons (Fsp3) is 0.286. The number of nitrogens with one attached hydrogen (secondary N) is 1. The maximum absolute atomic E-state index is 3.75. The molecule has 0 aliphatic heterocycles. The largest absolute Gasteiger partial charge is 0.356 e. The summed E-state index contributed by atoms with van der Waals surface area (Å²) in [5.41, 5.74) is 13.2.